The van der Waals surface area contributed by atoms with Gasteiger partial charge in [0.2, 0.25) is 5.91 Å². The van der Waals surface area contributed by atoms with Gasteiger partial charge in [0, 0.05) is 19.2 Å². The average molecular weight is 332 g/mol. The van der Waals surface area contributed by atoms with Crippen molar-refractivity contribution in [1.29, 1.82) is 0 Å². The van der Waals surface area contributed by atoms with Crippen LogP contribution in [0.3, 0.4) is 0 Å². The quantitative estimate of drug-likeness (QED) is 0.860. The summed E-state index contributed by atoms with van der Waals surface area (Å²) in [4.78, 5) is 15.5. The van der Waals surface area contributed by atoms with E-state index in [2.05, 4.69) is 10.2 Å². The SMILES string of the molecule is O=C(NC1C2CC3CC(C2)CC1C3)[C@H]1CCCN1CC1CCOC1. The molecule has 0 aromatic heterocycles. The Hall–Kier alpha value is -0.610. The van der Waals surface area contributed by atoms with Crippen molar-refractivity contribution in [2.75, 3.05) is 26.3 Å². The highest BCUT2D eigenvalue weighted by Gasteiger charge is 2.49. The van der Waals surface area contributed by atoms with Crippen LogP contribution in [0, 0.1) is 29.6 Å². The molecule has 0 spiro atoms. The van der Waals surface area contributed by atoms with Crippen molar-refractivity contribution in [3.05, 3.63) is 0 Å². The second-order valence-electron chi connectivity index (χ2n) is 9.35. The minimum atomic E-state index is 0.128. The molecule has 4 aliphatic carbocycles. The molecular weight excluding hydrogens is 300 g/mol. The standard InChI is InChI=1S/C20H32N2O2/c23-20(18-2-1-4-22(18)11-13-3-5-24-12-13)21-19-16-7-14-6-15(9-16)10-17(19)8-14/h13-19H,1-12H2,(H,21,23)/t13?,14?,15?,16?,17?,18-,19?/m1/s1. The van der Waals surface area contributed by atoms with Crippen LogP contribution in [0.1, 0.15) is 51.4 Å². The van der Waals surface area contributed by atoms with Gasteiger partial charge >= 0.3 is 0 Å². The molecule has 4 saturated carbocycles. The number of nitrogens with zero attached hydrogens (tertiary/aromatic N) is 1. The maximum atomic E-state index is 13.0. The van der Waals surface area contributed by atoms with Gasteiger partial charge in [0.25, 0.3) is 0 Å². The zero-order chi connectivity index (χ0) is 16.1. The third-order valence-corrected chi connectivity index (χ3v) is 7.72. The minimum Gasteiger partial charge on any atom is -0.381 e. The molecule has 2 atom stereocenters. The highest BCUT2D eigenvalue weighted by molar-refractivity contribution is 5.82. The fourth-order valence-corrected chi connectivity index (χ4v) is 6.82. The van der Waals surface area contributed by atoms with Gasteiger partial charge in [0.05, 0.1) is 12.6 Å². The molecule has 0 radical (unpaired) electrons. The molecule has 6 rings (SSSR count). The molecule has 4 heteroatoms. The maximum absolute atomic E-state index is 13.0. The highest BCUT2D eigenvalue weighted by Crippen LogP contribution is 2.53. The van der Waals surface area contributed by atoms with E-state index in [0.29, 0.717) is 17.9 Å². The van der Waals surface area contributed by atoms with Crippen molar-refractivity contribution in [3.63, 3.8) is 0 Å². The molecular formula is C20H32N2O2. The smallest absolute Gasteiger partial charge is 0.237 e. The van der Waals surface area contributed by atoms with Gasteiger partial charge in [-0.1, -0.05) is 0 Å². The summed E-state index contributed by atoms with van der Waals surface area (Å²) in [5.74, 6) is 4.49. The first-order valence-electron chi connectivity index (χ1n) is 10.4. The van der Waals surface area contributed by atoms with E-state index in [1.165, 1.54) is 44.9 Å². The molecule has 1 amide bonds. The monoisotopic (exact) mass is 332 g/mol. The van der Waals surface area contributed by atoms with Crippen LogP contribution >= 0.6 is 0 Å². The number of carbonyl (C=O) groups excluding carboxylic acids is 1. The number of rotatable bonds is 4. The Kier molecular flexibility index (Phi) is 4.09. The molecule has 1 N–H and O–H groups in total. The predicted molar refractivity (Wildman–Crippen MR) is 92.5 cm³/mol. The number of carbonyl (C=O) groups is 1. The van der Waals surface area contributed by atoms with Crippen LogP contribution in [0.5, 0.6) is 0 Å². The van der Waals surface area contributed by atoms with Crippen LogP contribution < -0.4 is 5.32 Å². The van der Waals surface area contributed by atoms with Crippen LogP contribution in [0.4, 0.5) is 0 Å². The van der Waals surface area contributed by atoms with Crippen LogP contribution in [-0.2, 0) is 9.53 Å². The van der Waals surface area contributed by atoms with Gasteiger partial charge in [-0.2, -0.15) is 0 Å². The molecule has 2 aliphatic heterocycles. The average Bonchev–Trinajstić information content (AvgIpc) is 3.22. The molecule has 6 aliphatic rings. The second kappa shape index (κ2) is 6.28. The normalized spacial score (nSPS) is 47.4. The molecule has 2 heterocycles. The largest absolute Gasteiger partial charge is 0.381 e. The minimum absolute atomic E-state index is 0.128. The number of amides is 1. The lowest BCUT2D eigenvalue weighted by molar-refractivity contribution is -0.129. The van der Waals surface area contributed by atoms with Gasteiger partial charge < -0.3 is 10.1 Å². The molecule has 4 bridgehead atoms. The number of hydrogen-bond donors (Lipinski definition) is 1. The van der Waals surface area contributed by atoms with Crippen molar-refractivity contribution in [2.24, 2.45) is 29.6 Å². The Morgan fingerprint density at radius 1 is 1.04 bits per heavy atom. The Morgan fingerprint density at radius 2 is 1.79 bits per heavy atom. The lowest BCUT2D eigenvalue weighted by Gasteiger charge is -2.54. The summed E-state index contributed by atoms with van der Waals surface area (Å²) < 4.78 is 5.52. The molecule has 2 saturated heterocycles. The lowest BCUT2D eigenvalue weighted by Crippen LogP contribution is -2.58. The molecule has 24 heavy (non-hydrogen) atoms. The summed E-state index contributed by atoms with van der Waals surface area (Å²) in [5, 5.41) is 3.55. The van der Waals surface area contributed by atoms with Gasteiger partial charge in [0.1, 0.15) is 0 Å². The third kappa shape index (κ3) is 2.80. The van der Waals surface area contributed by atoms with Crippen molar-refractivity contribution in [3.8, 4) is 0 Å². The number of likely N-dealkylation sites (tertiary alicyclic amines) is 1. The topological polar surface area (TPSA) is 41.6 Å². The summed E-state index contributed by atoms with van der Waals surface area (Å²) in [7, 11) is 0. The molecule has 0 aromatic rings. The first kappa shape index (κ1) is 15.6. The Balaban J connectivity index is 1.21. The molecule has 6 fully saturated rings. The fourth-order valence-electron chi connectivity index (χ4n) is 6.82. The summed E-state index contributed by atoms with van der Waals surface area (Å²) in [6.07, 6.45) is 10.4. The summed E-state index contributed by atoms with van der Waals surface area (Å²) in [6.45, 7) is 3.94. The second-order valence-corrected chi connectivity index (χ2v) is 9.35. The van der Waals surface area contributed by atoms with E-state index >= 15 is 0 Å². The van der Waals surface area contributed by atoms with E-state index in [1.807, 2.05) is 0 Å². The van der Waals surface area contributed by atoms with Gasteiger partial charge in [-0.05, 0) is 87.5 Å². The van der Waals surface area contributed by atoms with Crippen LogP contribution in [0.2, 0.25) is 0 Å². The lowest BCUT2D eigenvalue weighted by atomic mass is 9.54. The van der Waals surface area contributed by atoms with E-state index in [4.69, 9.17) is 4.74 Å². The predicted octanol–water partition coefficient (Wildman–Crippen LogP) is 2.43. The van der Waals surface area contributed by atoms with Crippen molar-refractivity contribution < 1.29 is 9.53 Å². The van der Waals surface area contributed by atoms with Gasteiger partial charge in [0.15, 0.2) is 0 Å². The zero-order valence-corrected chi connectivity index (χ0v) is 14.8. The van der Waals surface area contributed by atoms with Crippen LogP contribution in [0.25, 0.3) is 0 Å². The number of ether oxygens (including phenoxy) is 1. The summed E-state index contributed by atoms with van der Waals surface area (Å²) >= 11 is 0. The van der Waals surface area contributed by atoms with E-state index in [-0.39, 0.29) is 6.04 Å². The molecule has 134 valence electrons. The fraction of sp³-hybridized carbons (Fsp3) is 0.950. The van der Waals surface area contributed by atoms with Gasteiger partial charge in [-0.15, -0.1) is 0 Å². The van der Waals surface area contributed by atoms with Crippen molar-refractivity contribution in [2.45, 2.75) is 63.5 Å². The van der Waals surface area contributed by atoms with Crippen molar-refractivity contribution >= 4 is 5.91 Å². The van der Waals surface area contributed by atoms with Crippen LogP contribution in [-0.4, -0.2) is 49.2 Å². The van der Waals surface area contributed by atoms with E-state index in [1.54, 1.807) is 0 Å². The molecule has 4 nitrogen and oxygen atoms in total. The Bertz CT molecular complexity index is 460. The Morgan fingerprint density at radius 3 is 2.46 bits per heavy atom. The zero-order valence-electron chi connectivity index (χ0n) is 14.8. The van der Waals surface area contributed by atoms with E-state index in [9.17, 15) is 4.79 Å². The summed E-state index contributed by atoms with van der Waals surface area (Å²) in [6, 6.07) is 0.616. The molecule has 0 aromatic carbocycles. The first-order valence-corrected chi connectivity index (χ1v) is 10.4. The molecule has 1 unspecified atom stereocenters. The van der Waals surface area contributed by atoms with E-state index < -0.39 is 0 Å². The number of hydrogen-bond acceptors (Lipinski definition) is 3. The number of nitrogens with one attached hydrogen (secondary N) is 1. The highest BCUT2D eigenvalue weighted by atomic mass is 16.5. The maximum Gasteiger partial charge on any atom is 0.237 e. The Labute approximate surface area is 145 Å². The van der Waals surface area contributed by atoms with Gasteiger partial charge in [-0.3, -0.25) is 9.69 Å². The van der Waals surface area contributed by atoms with Crippen LogP contribution in [0.15, 0.2) is 0 Å². The van der Waals surface area contributed by atoms with E-state index in [0.717, 1.165) is 56.4 Å². The first-order chi connectivity index (χ1) is 11.8. The summed E-state index contributed by atoms with van der Waals surface area (Å²) in [5.41, 5.74) is 0. The van der Waals surface area contributed by atoms with Gasteiger partial charge in [-0.25, -0.2) is 0 Å². The van der Waals surface area contributed by atoms with Crippen molar-refractivity contribution in [1.82, 2.24) is 10.2 Å². The third-order valence-electron chi connectivity index (χ3n) is 7.72.